The number of rotatable bonds is 3. The number of aldehydes is 1. The van der Waals surface area contributed by atoms with Gasteiger partial charge in [0.15, 0.2) is 11.6 Å². The van der Waals surface area contributed by atoms with Gasteiger partial charge in [-0.15, -0.1) is 0 Å². The molecule has 0 N–H and O–H groups in total. The average molecular weight is 230 g/mol. The van der Waals surface area contributed by atoms with Gasteiger partial charge in [0, 0.05) is 5.56 Å². The first-order chi connectivity index (χ1) is 8.20. The lowest BCUT2D eigenvalue weighted by Crippen LogP contribution is -1.91. The molecule has 0 aromatic heterocycles. The second kappa shape index (κ2) is 4.78. The van der Waals surface area contributed by atoms with Crippen molar-refractivity contribution in [3.63, 3.8) is 0 Å². The zero-order valence-corrected chi connectivity index (χ0v) is 9.31. The van der Waals surface area contributed by atoms with Crippen molar-refractivity contribution >= 4 is 6.29 Å². The fourth-order valence-corrected chi connectivity index (χ4v) is 1.48. The van der Waals surface area contributed by atoms with E-state index in [-0.39, 0.29) is 11.6 Å². The van der Waals surface area contributed by atoms with E-state index in [4.69, 9.17) is 4.74 Å². The van der Waals surface area contributed by atoms with Gasteiger partial charge in [-0.05, 0) is 30.7 Å². The van der Waals surface area contributed by atoms with Gasteiger partial charge >= 0.3 is 0 Å². The van der Waals surface area contributed by atoms with Gasteiger partial charge in [-0.2, -0.15) is 0 Å². The van der Waals surface area contributed by atoms with Crippen LogP contribution in [0.15, 0.2) is 42.5 Å². The van der Waals surface area contributed by atoms with Gasteiger partial charge in [0.05, 0.1) is 0 Å². The maximum Gasteiger partial charge on any atom is 0.168 e. The number of benzene rings is 2. The standard InChI is InChI=1S/C14H11FO2/c1-10-4-2-7-13(14(10)15)17-12-6-3-5-11(8-12)9-16/h2-9H,1H3. The normalized spacial score (nSPS) is 10.0. The predicted octanol–water partition coefficient (Wildman–Crippen LogP) is 3.74. The highest BCUT2D eigenvalue weighted by Gasteiger charge is 2.07. The molecule has 0 saturated heterocycles. The molecule has 0 heterocycles. The van der Waals surface area contributed by atoms with Crippen LogP contribution in [0.3, 0.4) is 0 Å². The third-order valence-corrected chi connectivity index (χ3v) is 2.38. The number of carbonyl (C=O) groups excluding carboxylic acids is 1. The van der Waals surface area contributed by atoms with Gasteiger partial charge in [-0.25, -0.2) is 4.39 Å². The van der Waals surface area contributed by atoms with E-state index in [1.165, 1.54) is 0 Å². The molecule has 0 atom stereocenters. The van der Waals surface area contributed by atoms with E-state index in [1.807, 2.05) is 0 Å². The molecule has 0 aliphatic carbocycles. The van der Waals surface area contributed by atoms with Crippen LogP contribution in [0.25, 0.3) is 0 Å². The Labute approximate surface area is 98.7 Å². The fourth-order valence-electron chi connectivity index (χ4n) is 1.48. The monoisotopic (exact) mass is 230 g/mol. The highest BCUT2D eigenvalue weighted by molar-refractivity contribution is 5.75. The summed E-state index contributed by atoms with van der Waals surface area (Å²) in [5, 5.41) is 0. The summed E-state index contributed by atoms with van der Waals surface area (Å²) in [7, 11) is 0. The highest BCUT2D eigenvalue weighted by Crippen LogP contribution is 2.26. The van der Waals surface area contributed by atoms with Gasteiger partial charge in [-0.1, -0.05) is 24.3 Å². The third-order valence-electron chi connectivity index (χ3n) is 2.38. The number of halogens is 1. The molecule has 3 heteroatoms. The van der Waals surface area contributed by atoms with Gasteiger partial charge in [-0.3, -0.25) is 4.79 Å². The Balaban J connectivity index is 2.31. The lowest BCUT2D eigenvalue weighted by Gasteiger charge is -2.08. The Morgan fingerprint density at radius 2 is 1.94 bits per heavy atom. The van der Waals surface area contributed by atoms with Crippen molar-refractivity contribution in [3.8, 4) is 11.5 Å². The van der Waals surface area contributed by atoms with Crippen molar-refractivity contribution in [2.45, 2.75) is 6.92 Å². The minimum Gasteiger partial charge on any atom is -0.454 e. The molecule has 0 spiro atoms. The van der Waals surface area contributed by atoms with Gasteiger partial charge in [0.25, 0.3) is 0 Å². The summed E-state index contributed by atoms with van der Waals surface area (Å²) in [6, 6.07) is 11.5. The molecule has 2 aromatic rings. The van der Waals surface area contributed by atoms with Crippen molar-refractivity contribution in [3.05, 3.63) is 59.4 Å². The molecule has 0 radical (unpaired) electrons. The first-order valence-electron chi connectivity index (χ1n) is 5.19. The van der Waals surface area contributed by atoms with E-state index in [2.05, 4.69) is 0 Å². The number of ether oxygens (including phenoxy) is 1. The smallest absolute Gasteiger partial charge is 0.168 e. The van der Waals surface area contributed by atoms with Crippen molar-refractivity contribution in [2.75, 3.05) is 0 Å². The van der Waals surface area contributed by atoms with Crippen molar-refractivity contribution < 1.29 is 13.9 Å². The summed E-state index contributed by atoms with van der Waals surface area (Å²) in [5.74, 6) is 0.219. The van der Waals surface area contributed by atoms with Crippen LogP contribution in [0, 0.1) is 12.7 Å². The first-order valence-corrected chi connectivity index (χ1v) is 5.19. The summed E-state index contributed by atoms with van der Waals surface area (Å²) in [6.07, 6.45) is 0.722. The summed E-state index contributed by atoms with van der Waals surface area (Å²) in [5.41, 5.74) is 1.02. The van der Waals surface area contributed by atoms with Crippen molar-refractivity contribution in [1.29, 1.82) is 0 Å². The van der Waals surface area contributed by atoms with E-state index in [9.17, 15) is 9.18 Å². The summed E-state index contributed by atoms with van der Waals surface area (Å²) >= 11 is 0. The largest absolute Gasteiger partial charge is 0.454 e. The van der Waals surface area contributed by atoms with Crippen LogP contribution in [-0.4, -0.2) is 6.29 Å². The quantitative estimate of drug-likeness (QED) is 0.751. The topological polar surface area (TPSA) is 26.3 Å². The summed E-state index contributed by atoms with van der Waals surface area (Å²) in [6.45, 7) is 1.67. The van der Waals surface area contributed by atoms with Crippen LogP contribution in [0.2, 0.25) is 0 Å². The van der Waals surface area contributed by atoms with E-state index in [0.717, 1.165) is 6.29 Å². The van der Waals surface area contributed by atoms with Gasteiger partial charge in [0.2, 0.25) is 0 Å². The van der Waals surface area contributed by atoms with E-state index in [1.54, 1.807) is 49.4 Å². The average Bonchev–Trinajstić information content (AvgIpc) is 2.35. The first kappa shape index (κ1) is 11.3. The molecule has 0 bridgehead atoms. The molecule has 0 fully saturated rings. The number of hydrogen-bond acceptors (Lipinski definition) is 2. The zero-order chi connectivity index (χ0) is 12.3. The molecule has 2 nitrogen and oxygen atoms in total. The number of carbonyl (C=O) groups is 1. The molecule has 0 aliphatic rings. The number of hydrogen-bond donors (Lipinski definition) is 0. The second-order valence-corrected chi connectivity index (χ2v) is 3.68. The number of aryl methyl sites for hydroxylation is 1. The molecule has 2 rings (SSSR count). The van der Waals surface area contributed by atoms with Crippen LogP contribution in [0.4, 0.5) is 4.39 Å². The Kier molecular flexibility index (Phi) is 3.19. The lowest BCUT2D eigenvalue weighted by atomic mass is 10.2. The molecule has 17 heavy (non-hydrogen) atoms. The Morgan fingerprint density at radius 3 is 2.71 bits per heavy atom. The predicted molar refractivity (Wildman–Crippen MR) is 63.0 cm³/mol. The molecule has 2 aromatic carbocycles. The zero-order valence-electron chi connectivity index (χ0n) is 9.31. The maximum atomic E-state index is 13.7. The molecule has 0 amide bonds. The fraction of sp³-hybridized carbons (Fsp3) is 0.0714. The van der Waals surface area contributed by atoms with Crippen LogP contribution < -0.4 is 4.74 Å². The minimum absolute atomic E-state index is 0.160. The van der Waals surface area contributed by atoms with Crippen LogP contribution >= 0.6 is 0 Å². The molecular weight excluding hydrogens is 219 g/mol. The van der Waals surface area contributed by atoms with Gasteiger partial charge in [0.1, 0.15) is 12.0 Å². The SMILES string of the molecule is Cc1cccc(Oc2cccc(C=O)c2)c1F. The van der Waals surface area contributed by atoms with Crippen molar-refractivity contribution in [1.82, 2.24) is 0 Å². The Morgan fingerprint density at radius 1 is 1.18 bits per heavy atom. The molecule has 0 unspecified atom stereocenters. The van der Waals surface area contributed by atoms with Crippen molar-refractivity contribution in [2.24, 2.45) is 0 Å². The Hall–Kier alpha value is -2.16. The van der Waals surface area contributed by atoms with Gasteiger partial charge < -0.3 is 4.74 Å². The lowest BCUT2D eigenvalue weighted by molar-refractivity contribution is 0.112. The summed E-state index contributed by atoms with van der Waals surface area (Å²) in [4.78, 5) is 10.6. The molecule has 86 valence electrons. The maximum absolute atomic E-state index is 13.7. The van der Waals surface area contributed by atoms with Crippen LogP contribution in [0.5, 0.6) is 11.5 Å². The Bertz CT molecular complexity index is 550. The highest BCUT2D eigenvalue weighted by atomic mass is 19.1. The molecular formula is C14H11FO2. The third kappa shape index (κ3) is 2.50. The van der Waals surface area contributed by atoms with Crippen LogP contribution in [-0.2, 0) is 0 Å². The second-order valence-electron chi connectivity index (χ2n) is 3.68. The molecule has 0 aliphatic heterocycles. The van der Waals surface area contributed by atoms with E-state index < -0.39 is 0 Å². The van der Waals surface area contributed by atoms with Crippen LogP contribution in [0.1, 0.15) is 15.9 Å². The molecule has 0 saturated carbocycles. The van der Waals surface area contributed by atoms with E-state index >= 15 is 0 Å². The summed E-state index contributed by atoms with van der Waals surface area (Å²) < 4.78 is 19.1. The van der Waals surface area contributed by atoms with E-state index in [0.29, 0.717) is 16.9 Å². The minimum atomic E-state index is -0.385.